The van der Waals surface area contributed by atoms with Crippen molar-refractivity contribution in [3.05, 3.63) is 225 Å². The first kappa shape index (κ1) is 35.8. The van der Waals surface area contributed by atoms with Crippen molar-refractivity contribution < 1.29 is 0 Å². The van der Waals surface area contributed by atoms with E-state index in [1.165, 1.54) is 116 Å². The first-order valence-electron chi connectivity index (χ1n) is 22.8. The van der Waals surface area contributed by atoms with Gasteiger partial charge in [0.1, 0.15) is 6.33 Å². The minimum atomic E-state index is -0.00599. The third kappa shape index (κ3) is 4.97. The van der Waals surface area contributed by atoms with Gasteiger partial charge in [-0.2, -0.15) is 0 Å². The molecule has 66 heavy (non-hydrogen) atoms. The molecule has 13 aromatic rings. The van der Waals surface area contributed by atoms with Crippen molar-refractivity contribution in [2.45, 2.75) is 0 Å². The van der Waals surface area contributed by atoms with Gasteiger partial charge in [0.2, 0.25) is 0 Å². The van der Waals surface area contributed by atoms with E-state index in [9.17, 15) is 0 Å². The average Bonchev–Trinajstić information content (AvgIpc) is 4.08. The standard InChI is InChI=1S/C61H37BN4/c1-5-14-38(15-6-1)42-24-27-54-47(30-42)48-31-43(39-16-7-2-8-17-39)25-28-55(48)65(54)46-35-57-59-58(36-46)66-56-29-26-44(40-18-9-3-10-19-40)32-49(56)50-33-45(41-20-11-4-12-21-41)34-52(60(50)66)62(59)51-22-13-23-53-61(51)64(57)37-63-53/h1-37H. The Balaban J connectivity index is 1.07. The molecule has 0 atom stereocenters. The zero-order chi connectivity index (χ0) is 43.0. The van der Waals surface area contributed by atoms with Gasteiger partial charge in [-0.05, 0) is 122 Å². The molecule has 15 rings (SSSR count). The average molecular weight is 837 g/mol. The molecule has 4 nitrogen and oxygen atoms in total. The summed E-state index contributed by atoms with van der Waals surface area (Å²) in [5.74, 6) is 0. The number of nitrogens with zero attached hydrogens (tertiary/aromatic N) is 4. The van der Waals surface area contributed by atoms with Crippen molar-refractivity contribution in [3.63, 3.8) is 0 Å². The molecule has 0 radical (unpaired) electrons. The SMILES string of the molecule is c1ccc(-c2ccc3c(c2)c2cc(-c4ccccc4)ccc2n3-c2cc3c4c(c2)-n2c5ccc(-c6ccccc6)cc5c5cc(-c6ccccc6)cc(c52)B4c2cccc4ncn-3c24)cc1. The fraction of sp³-hybridized carbons (Fsp3) is 0. The van der Waals surface area contributed by atoms with Crippen molar-refractivity contribution in [2.24, 2.45) is 0 Å². The van der Waals surface area contributed by atoms with E-state index in [0.29, 0.717) is 0 Å². The highest BCUT2D eigenvalue weighted by Gasteiger charge is 2.41. The van der Waals surface area contributed by atoms with Crippen LogP contribution in [0.2, 0.25) is 0 Å². The van der Waals surface area contributed by atoms with Crippen molar-refractivity contribution in [3.8, 4) is 61.6 Å². The third-order valence-corrected chi connectivity index (χ3v) is 14.5. The molecule has 2 aliphatic rings. The van der Waals surface area contributed by atoms with Gasteiger partial charge in [0.05, 0.1) is 33.3 Å². The van der Waals surface area contributed by atoms with Gasteiger partial charge in [-0.3, -0.25) is 4.57 Å². The molecule has 2 aliphatic heterocycles. The van der Waals surface area contributed by atoms with Crippen LogP contribution in [0.15, 0.2) is 225 Å². The first-order valence-corrected chi connectivity index (χ1v) is 22.8. The maximum atomic E-state index is 5.07. The molecule has 0 aliphatic carbocycles. The van der Waals surface area contributed by atoms with Crippen molar-refractivity contribution in [2.75, 3.05) is 0 Å². The molecule has 0 N–H and O–H groups in total. The highest BCUT2D eigenvalue weighted by Crippen LogP contribution is 2.43. The van der Waals surface area contributed by atoms with E-state index in [4.69, 9.17) is 4.98 Å². The molecule has 5 heterocycles. The monoisotopic (exact) mass is 836 g/mol. The summed E-state index contributed by atoms with van der Waals surface area (Å²) in [5.41, 5.74) is 24.1. The van der Waals surface area contributed by atoms with Crippen LogP contribution in [0.25, 0.3) is 116 Å². The summed E-state index contributed by atoms with van der Waals surface area (Å²) in [6, 6.07) is 80.7. The second-order valence-corrected chi connectivity index (χ2v) is 18.0. The lowest BCUT2D eigenvalue weighted by Crippen LogP contribution is -2.59. The van der Waals surface area contributed by atoms with Crippen molar-refractivity contribution in [1.82, 2.24) is 18.7 Å². The minimum absolute atomic E-state index is 0.00599. The predicted octanol–water partition coefficient (Wildman–Crippen LogP) is 13.0. The minimum Gasteiger partial charge on any atom is -0.310 e. The Morgan fingerprint density at radius 1 is 0.333 bits per heavy atom. The van der Waals surface area contributed by atoms with Crippen LogP contribution in [-0.2, 0) is 0 Å². The normalized spacial score (nSPS) is 12.5. The van der Waals surface area contributed by atoms with Gasteiger partial charge >= 0.3 is 0 Å². The zero-order valence-electron chi connectivity index (χ0n) is 35.7. The Labute approximate surface area is 381 Å². The van der Waals surface area contributed by atoms with E-state index in [2.05, 4.69) is 232 Å². The van der Waals surface area contributed by atoms with E-state index in [0.717, 1.165) is 16.9 Å². The fourth-order valence-corrected chi connectivity index (χ4v) is 11.6. The molecule has 0 saturated carbocycles. The molecule has 10 aromatic carbocycles. The van der Waals surface area contributed by atoms with Crippen LogP contribution in [0, 0.1) is 0 Å². The number of imidazole rings is 1. The second-order valence-electron chi connectivity index (χ2n) is 18.0. The Kier molecular flexibility index (Phi) is 7.28. The molecule has 304 valence electrons. The fourth-order valence-electron chi connectivity index (χ4n) is 11.6. The molecular weight excluding hydrogens is 800 g/mol. The Morgan fingerprint density at radius 2 is 0.818 bits per heavy atom. The molecule has 0 saturated heterocycles. The van der Waals surface area contributed by atoms with Gasteiger partial charge in [-0.25, -0.2) is 4.98 Å². The Bertz CT molecular complexity index is 4050. The lowest BCUT2D eigenvalue weighted by Gasteiger charge is -2.34. The number of hydrogen-bond acceptors (Lipinski definition) is 1. The highest BCUT2D eigenvalue weighted by molar-refractivity contribution is 7.00. The number of hydrogen-bond donors (Lipinski definition) is 0. The summed E-state index contributed by atoms with van der Waals surface area (Å²) in [6.45, 7) is -0.00599. The number of para-hydroxylation sites is 1. The molecule has 0 fully saturated rings. The smallest absolute Gasteiger partial charge is 0.252 e. The van der Waals surface area contributed by atoms with E-state index < -0.39 is 0 Å². The maximum absolute atomic E-state index is 5.07. The summed E-state index contributed by atoms with van der Waals surface area (Å²) in [7, 11) is 0. The van der Waals surface area contributed by atoms with Gasteiger partial charge in [-0.15, -0.1) is 0 Å². The molecule has 3 aromatic heterocycles. The first-order chi connectivity index (χ1) is 32.7. The highest BCUT2D eigenvalue weighted by atomic mass is 15.1. The molecule has 0 bridgehead atoms. The van der Waals surface area contributed by atoms with Crippen LogP contribution < -0.4 is 16.4 Å². The summed E-state index contributed by atoms with van der Waals surface area (Å²) < 4.78 is 7.44. The van der Waals surface area contributed by atoms with E-state index >= 15 is 0 Å². The van der Waals surface area contributed by atoms with Crippen molar-refractivity contribution in [1.29, 1.82) is 0 Å². The summed E-state index contributed by atoms with van der Waals surface area (Å²) in [5, 5.41) is 4.97. The third-order valence-electron chi connectivity index (χ3n) is 14.5. The van der Waals surface area contributed by atoms with Gasteiger partial charge in [0.25, 0.3) is 6.71 Å². The van der Waals surface area contributed by atoms with Crippen LogP contribution in [0.1, 0.15) is 0 Å². The maximum Gasteiger partial charge on any atom is 0.252 e. The zero-order valence-corrected chi connectivity index (χ0v) is 35.7. The van der Waals surface area contributed by atoms with E-state index in [1.54, 1.807) is 0 Å². The molecule has 0 spiro atoms. The van der Waals surface area contributed by atoms with Crippen molar-refractivity contribution >= 4 is 77.7 Å². The number of benzene rings is 10. The second kappa shape index (κ2) is 13.4. The number of aromatic nitrogens is 4. The van der Waals surface area contributed by atoms with Gasteiger partial charge in [0, 0.05) is 38.4 Å². The molecule has 0 unspecified atom stereocenters. The van der Waals surface area contributed by atoms with Crippen LogP contribution in [-0.4, -0.2) is 25.4 Å². The topological polar surface area (TPSA) is 27.7 Å². The quantitative estimate of drug-likeness (QED) is 0.159. The molecule has 0 amide bonds. The number of fused-ring (bicyclic) bond motifs is 10. The lowest BCUT2D eigenvalue weighted by atomic mass is 9.34. The van der Waals surface area contributed by atoms with Crippen LogP contribution in [0.3, 0.4) is 0 Å². The van der Waals surface area contributed by atoms with Crippen LogP contribution >= 0.6 is 0 Å². The van der Waals surface area contributed by atoms with Crippen LogP contribution in [0.5, 0.6) is 0 Å². The number of rotatable bonds is 5. The van der Waals surface area contributed by atoms with E-state index in [1.807, 2.05) is 6.33 Å². The Morgan fingerprint density at radius 3 is 1.38 bits per heavy atom. The summed E-state index contributed by atoms with van der Waals surface area (Å²) >= 11 is 0. The summed E-state index contributed by atoms with van der Waals surface area (Å²) in [6.07, 6.45) is 2.04. The van der Waals surface area contributed by atoms with E-state index in [-0.39, 0.29) is 6.71 Å². The van der Waals surface area contributed by atoms with Gasteiger partial charge in [-0.1, -0.05) is 158 Å². The molecular formula is C61H37BN4. The summed E-state index contributed by atoms with van der Waals surface area (Å²) in [4.78, 5) is 5.07. The lowest BCUT2D eigenvalue weighted by molar-refractivity contribution is 1.07. The van der Waals surface area contributed by atoms with Gasteiger partial charge < -0.3 is 9.13 Å². The van der Waals surface area contributed by atoms with Crippen LogP contribution in [0.4, 0.5) is 0 Å². The predicted molar refractivity (Wildman–Crippen MR) is 276 cm³/mol. The largest absolute Gasteiger partial charge is 0.310 e. The van der Waals surface area contributed by atoms with Gasteiger partial charge in [0.15, 0.2) is 0 Å². The Hall–Kier alpha value is -8.67. The molecule has 5 heteroatoms.